The van der Waals surface area contributed by atoms with E-state index in [4.69, 9.17) is 0 Å². The fourth-order valence-electron chi connectivity index (χ4n) is 2.01. The first-order chi connectivity index (χ1) is 8.81. The van der Waals surface area contributed by atoms with Gasteiger partial charge < -0.3 is 4.90 Å². The molecule has 0 radical (unpaired) electrons. The van der Waals surface area contributed by atoms with E-state index in [0.717, 1.165) is 18.9 Å². The number of benzene rings is 1. The number of hydrogen-bond donors (Lipinski definition) is 0. The van der Waals surface area contributed by atoms with Crippen LogP contribution in [0.5, 0.6) is 0 Å². The quantitative estimate of drug-likeness (QED) is 0.751. The summed E-state index contributed by atoms with van der Waals surface area (Å²) in [6.45, 7) is 3.88. The van der Waals surface area contributed by atoms with Gasteiger partial charge in [0.2, 0.25) is 0 Å². The van der Waals surface area contributed by atoms with Gasteiger partial charge in [0.05, 0.1) is 5.56 Å². The van der Waals surface area contributed by atoms with E-state index < -0.39 is 11.7 Å². The van der Waals surface area contributed by atoms with Gasteiger partial charge >= 0.3 is 6.18 Å². The molecule has 5 heteroatoms. The Balaban J connectivity index is 3.23. The minimum absolute atomic E-state index is 0.00758. The van der Waals surface area contributed by atoms with Crippen LogP contribution in [0.15, 0.2) is 18.2 Å². The van der Waals surface area contributed by atoms with Crippen molar-refractivity contribution < 1.29 is 18.0 Å². The highest BCUT2D eigenvalue weighted by molar-refractivity contribution is 5.77. The van der Waals surface area contributed by atoms with Crippen LogP contribution in [-0.2, 0) is 6.18 Å². The summed E-state index contributed by atoms with van der Waals surface area (Å²) in [7, 11) is 1.64. The SMILES string of the molecule is CCCC(C)N(C)c1ccc(C=O)cc1C(F)(F)F. The average molecular weight is 273 g/mol. The third-order valence-corrected chi connectivity index (χ3v) is 3.21. The number of alkyl halides is 3. The van der Waals surface area contributed by atoms with E-state index in [1.807, 2.05) is 13.8 Å². The van der Waals surface area contributed by atoms with Gasteiger partial charge in [-0.05, 0) is 31.5 Å². The van der Waals surface area contributed by atoms with Crippen molar-refractivity contribution in [2.45, 2.75) is 38.9 Å². The highest BCUT2D eigenvalue weighted by Crippen LogP contribution is 2.37. The van der Waals surface area contributed by atoms with Crippen LogP contribution in [0.25, 0.3) is 0 Å². The number of carbonyl (C=O) groups is 1. The van der Waals surface area contributed by atoms with Crippen LogP contribution in [0.2, 0.25) is 0 Å². The number of carbonyl (C=O) groups excluding carboxylic acids is 1. The predicted octanol–water partition coefficient (Wildman–Crippen LogP) is 4.14. The first-order valence-corrected chi connectivity index (χ1v) is 6.20. The van der Waals surface area contributed by atoms with E-state index in [1.54, 1.807) is 11.9 Å². The summed E-state index contributed by atoms with van der Waals surface area (Å²) in [5, 5.41) is 0. The lowest BCUT2D eigenvalue weighted by atomic mass is 10.1. The van der Waals surface area contributed by atoms with E-state index >= 15 is 0 Å². The smallest absolute Gasteiger partial charge is 0.371 e. The minimum Gasteiger partial charge on any atom is -0.371 e. The molecule has 0 aromatic heterocycles. The zero-order valence-corrected chi connectivity index (χ0v) is 11.3. The van der Waals surface area contributed by atoms with Crippen LogP contribution in [0.3, 0.4) is 0 Å². The molecule has 0 fully saturated rings. The van der Waals surface area contributed by atoms with Crippen molar-refractivity contribution in [1.82, 2.24) is 0 Å². The fraction of sp³-hybridized carbons (Fsp3) is 0.500. The average Bonchev–Trinajstić information content (AvgIpc) is 2.36. The molecule has 0 aliphatic heterocycles. The standard InChI is InChI=1S/C14H18F3NO/c1-4-5-10(2)18(3)13-7-6-11(9-19)8-12(13)14(15,16)17/h6-10H,4-5H2,1-3H3. The molecule has 0 saturated carbocycles. The van der Waals surface area contributed by atoms with Crippen LogP contribution >= 0.6 is 0 Å². The fourth-order valence-corrected chi connectivity index (χ4v) is 2.01. The van der Waals surface area contributed by atoms with E-state index in [9.17, 15) is 18.0 Å². The van der Waals surface area contributed by atoms with Gasteiger partial charge in [0.25, 0.3) is 0 Å². The largest absolute Gasteiger partial charge is 0.418 e. The van der Waals surface area contributed by atoms with E-state index in [1.165, 1.54) is 12.1 Å². The Kier molecular flexibility index (Phi) is 4.97. The zero-order valence-electron chi connectivity index (χ0n) is 11.3. The first kappa shape index (κ1) is 15.5. The molecule has 1 aromatic rings. The van der Waals surface area contributed by atoms with Gasteiger partial charge in [0.1, 0.15) is 6.29 Å². The first-order valence-electron chi connectivity index (χ1n) is 6.20. The van der Waals surface area contributed by atoms with Crippen LogP contribution in [-0.4, -0.2) is 19.4 Å². The summed E-state index contributed by atoms with van der Waals surface area (Å²) in [6.07, 6.45) is -2.33. The number of anilines is 1. The number of nitrogens with zero attached hydrogens (tertiary/aromatic N) is 1. The molecule has 2 nitrogen and oxygen atoms in total. The molecule has 0 N–H and O–H groups in total. The Bertz CT molecular complexity index is 443. The van der Waals surface area contributed by atoms with Crippen LogP contribution in [0, 0.1) is 0 Å². The van der Waals surface area contributed by atoms with Crippen molar-refractivity contribution in [3.05, 3.63) is 29.3 Å². The number of hydrogen-bond acceptors (Lipinski definition) is 2. The van der Waals surface area contributed by atoms with Gasteiger partial charge in [-0.2, -0.15) is 13.2 Å². The zero-order chi connectivity index (χ0) is 14.6. The van der Waals surface area contributed by atoms with Crippen molar-refractivity contribution in [2.75, 3.05) is 11.9 Å². The Morgan fingerprint density at radius 3 is 2.47 bits per heavy atom. The molecule has 0 aliphatic carbocycles. The van der Waals surface area contributed by atoms with Gasteiger partial charge in [0, 0.05) is 24.3 Å². The second-order valence-corrected chi connectivity index (χ2v) is 4.64. The molecule has 0 bridgehead atoms. The number of rotatable bonds is 5. The number of aldehydes is 1. The minimum atomic E-state index is -4.46. The second kappa shape index (κ2) is 6.08. The summed E-state index contributed by atoms with van der Waals surface area (Å²) < 4.78 is 39.1. The molecular formula is C14H18F3NO. The highest BCUT2D eigenvalue weighted by atomic mass is 19.4. The molecule has 106 valence electrons. The van der Waals surface area contributed by atoms with Crippen molar-refractivity contribution in [3.8, 4) is 0 Å². The molecule has 0 heterocycles. The van der Waals surface area contributed by atoms with Gasteiger partial charge in [-0.15, -0.1) is 0 Å². The summed E-state index contributed by atoms with van der Waals surface area (Å²) in [4.78, 5) is 12.2. The second-order valence-electron chi connectivity index (χ2n) is 4.64. The molecular weight excluding hydrogens is 255 g/mol. The van der Waals surface area contributed by atoms with E-state index in [-0.39, 0.29) is 17.3 Å². The van der Waals surface area contributed by atoms with Gasteiger partial charge in [-0.3, -0.25) is 4.79 Å². The maximum absolute atomic E-state index is 13.0. The molecule has 0 saturated heterocycles. The molecule has 1 aromatic carbocycles. The van der Waals surface area contributed by atoms with Crippen LogP contribution in [0.1, 0.15) is 42.6 Å². The van der Waals surface area contributed by atoms with Crippen molar-refractivity contribution in [3.63, 3.8) is 0 Å². The number of halogens is 3. The van der Waals surface area contributed by atoms with Gasteiger partial charge in [-0.1, -0.05) is 13.3 Å². The molecule has 1 atom stereocenters. The molecule has 0 spiro atoms. The van der Waals surface area contributed by atoms with Crippen molar-refractivity contribution >= 4 is 12.0 Å². The third-order valence-electron chi connectivity index (χ3n) is 3.21. The normalized spacial score (nSPS) is 13.2. The Hall–Kier alpha value is -1.52. The van der Waals surface area contributed by atoms with Crippen molar-refractivity contribution in [1.29, 1.82) is 0 Å². The third kappa shape index (κ3) is 3.72. The van der Waals surface area contributed by atoms with Crippen LogP contribution < -0.4 is 4.90 Å². The predicted molar refractivity (Wildman–Crippen MR) is 69.6 cm³/mol. The lowest BCUT2D eigenvalue weighted by Gasteiger charge is -2.29. The Morgan fingerprint density at radius 1 is 1.37 bits per heavy atom. The maximum Gasteiger partial charge on any atom is 0.418 e. The summed E-state index contributed by atoms with van der Waals surface area (Å²) >= 11 is 0. The van der Waals surface area contributed by atoms with Crippen molar-refractivity contribution in [2.24, 2.45) is 0 Å². The Morgan fingerprint density at radius 2 is 2.00 bits per heavy atom. The summed E-state index contributed by atoms with van der Waals surface area (Å²) in [5.74, 6) is 0. The van der Waals surface area contributed by atoms with E-state index in [2.05, 4.69) is 0 Å². The molecule has 1 rings (SSSR count). The monoisotopic (exact) mass is 273 g/mol. The maximum atomic E-state index is 13.0. The summed E-state index contributed by atoms with van der Waals surface area (Å²) in [5.41, 5.74) is -0.616. The lowest BCUT2D eigenvalue weighted by Crippen LogP contribution is -2.30. The molecule has 0 aliphatic rings. The topological polar surface area (TPSA) is 20.3 Å². The lowest BCUT2D eigenvalue weighted by molar-refractivity contribution is -0.137. The highest BCUT2D eigenvalue weighted by Gasteiger charge is 2.35. The Labute approximate surface area is 111 Å². The van der Waals surface area contributed by atoms with Crippen LogP contribution in [0.4, 0.5) is 18.9 Å². The molecule has 1 unspecified atom stereocenters. The molecule has 19 heavy (non-hydrogen) atoms. The molecule has 0 amide bonds. The van der Waals surface area contributed by atoms with E-state index in [0.29, 0.717) is 6.29 Å². The van der Waals surface area contributed by atoms with Gasteiger partial charge in [0.15, 0.2) is 0 Å². The summed E-state index contributed by atoms with van der Waals surface area (Å²) in [6, 6.07) is 3.68. The van der Waals surface area contributed by atoms with Gasteiger partial charge in [-0.25, -0.2) is 0 Å².